The van der Waals surface area contributed by atoms with Crippen LogP contribution in [0.4, 0.5) is 0 Å². The first-order chi connectivity index (χ1) is 7.34. The van der Waals surface area contributed by atoms with Gasteiger partial charge in [0.05, 0.1) is 18.2 Å². The Morgan fingerprint density at radius 3 is 3.40 bits per heavy atom. The summed E-state index contributed by atoms with van der Waals surface area (Å²) in [6, 6.07) is 2.29. The van der Waals surface area contributed by atoms with Gasteiger partial charge in [0.1, 0.15) is 0 Å². The molecular formula is C12H17NOS. The molecule has 2 nitrogen and oxygen atoms in total. The van der Waals surface area contributed by atoms with Crippen LogP contribution in [0.3, 0.4) is 0 Å². The topological polar surface area (TPSA) is 21.3 Å². The summed E-state index contributed by atoms with van der Waals surface area (Å²) in [5, 5.41) is 5.90. The highest BCUT2D eigenvalue weighted by atomic mass is 32.1. The molecule has 3 rings (SSSR count). The Balaban J connectivity index is 1.95. The number of hydrogen-bond acceptors (Lipinski definition) is 3. The number of hydrogen-bond donors (Lipinski definition) is 1. The minimum atomic E-state index is 0.147. The van der Waals surface area contributed by atoms with E-state index >= 15 is 0 Å². The minimum absolute atomic E-state index is 0.147. The van der Waals surface area contributed by atoms with Crippen LogP contribution in [0.1, 0.15) is 30.2 Å². The third kappa shape index (κ3) is 1.45. The van der Waals surface area contributed by atoms with Crippen LogP contribution in [0.25, 0.3) is 0 Å². The Hall–Kier alpha value is -0.380. The molecule has 1 N–H and O–H groups in total. The predicted octanol–water partition coefficient (Wildman–Crippen LogP) is 2.29. The van der Waals surface area contributed by atoms with Crippen molar-refractivity contribution in [2.75, 3.05) is 13.2 Å². The van der Waals surface area contributed by atoms with E-state index in [0.717, 1.165) is 26.0 Å². The van der Waals surface area contributed by atoms with Crippen molar-refractivity contribution in [1.29, 1.82) is 0 Å². The zero-order valence-electron chi connectivity index (χ0n) is 9.08. The third-order valence-electron chi connectivity index (χ3n) is 3.67. The van der Waals surface area contributed by atoms with E-state index in [4.69, 9.17) is 4.74 Å². The maximum Gasteiger partial charge on any atom is 0.0707 e. The molecule has 3 heterocycles. The molecule has 0 amide bonds. The lowest BCUT2D eigenvalue weighted by atomic mass is 9.84. The summed E-state index contributed by atoms with van der Waals surface area (Å²) >= 11 is 1.90. The first-order valence-corrected chi connectivity index (χ1v) is 6.65. The molecule has 2 aliphatic rings. The van der Waals surface area contributed by atoms with Crippen LogP contribution in [0, 0.1) is 0 Å². The molecule has 2 aliphatic heterocycles. The van der Waals surface area contributed by atoms with Gasteiger partial charge in [0, 0.05) is 11.4 Å². The molecular weight excluding hydrogens is 206 g/mol. The SMILES string of the molecule is CCC1CC2(CO1)NCCc1sccc12. The van der Waals surface area contributed by atoms with Gasteiger partial charge >= 0.3 is 0 Å². The van der Waals surface area contributed by atoms with Gasteiger partial charge in [0.15, 0.2) is 0 Å². The smallest absolute Gasteiger partial charge is 0.0707 e. The maximum absolute atomic E-state index is 5.86. The molecule has 0 aromatic carbocycles. The molecule has 0 radical (unpaired) electrons. The molecule has 82 valence electrons. The lowest BCUT2D eigenvalue weighted by Gasteiger charge is -2.33. The second-order valence-electron chi connectivity index (χ2n) is 4.56. The van der Waals surface area contributed by atoms with E-state index in [9.17, 15) is 0 Å². The predicted molar refractivity (Wildman–Crippen MR) is 62.4 cm³/mol. The number of nitrogens with one attached hydrogen (secondary N) is 1. The van der Waals surface area contributed by atoms with Crippen LogP contribution in [0.2, 0.25) is 0 Å². The number of rotatable bonds is 1. The van der Waals surface area contributed by atoms with E-state index in [1.54, 1.807) is 4.88 Å². The van der Waals surface area contributed by atoms with Gasteiger partial charge in [-0.25, -0.2) is 0 Å². The summed E-state index contributed by atoms with van der Waals surface area (Å²) in [6.07, 6.45) is 3.91. The summed E-state index contributed by atoms with van der Waals surface area (Å²) < 4.78 is 5.86. The van der Waals surface area contributed by atoms with Crippen LogP contribution < -0.4 is 5.32 Å². The summed E-state index contributed by atoms with van der Waals surface area (Å²) in [4.78, 5) is 1.56. The largest absolute Gasteiger partial charge is 0.376 e. The van der Waals surface area contributed by atoms with Crippen molar-refractivity contribution in [3.8, 4) is 0 Å². The number of thiophene rings is 1. The van der Waals surface area contributed by atoms with Crippen molar-refractivity contribution in [3.05, 3.63) is 21.9 Å². The summed E-state index contributed by atoms with van der Waals surface area (Å²) in [5.74, 6) is 0. The normalized spacial score (nSPS) is 34.6. The summed E-state index contributed by atoms with van der Waals surface area (Å²) in [5.41, 5.74) is 1.66. The van der Waals surface area contributed by atoms with E-state index in [0.29, 0.717) is 6.10 Å². The van der Waals surface area contributed by atoms with Crippen molar-refractivity contribution < 1.29 is 4.74 Å². The Morgan fingerprint density at radius 2 is 2.60 bits per heavy atom. The van der Waals surface area contributed by atoms with E-state index in [-0.39, 0.29) is 5.54 Å². The van der Waals surface area contributed by atoms with Crippen molar-refractivity contribution in [2.45, 2.75) is 37.8 Å². The summed E-state index contributed by atoms with van der Waals surface area (Å²) in [6.45, 7) is 4.17. The van der Waals surface area contributed by atoms with Crippen molar-refractivity contribution >= 4 is 11.3 Å². The van der Waals surface area contributed by atoms with Gasteiger partial charge < -0.3 is 10.1 Å². The van der Waals surface area contributed by atoms with Crippen LogP contribution in [-0.4, -0.2) is 19.3 Å². The second-order valence-corrected chi connectivity index (χ2v) is 5.56. The first-order valence-electron chi connectivity index (χ1n) is 5.77. The quantitative estimate of drug-likeness (QED) is 0.788. The second kappa shape index (κ2) is 3.58. The number of fused-ring (bicyclic) bond motifs is 2. The van der Waals surface area contributed by atoms with Crippen molar-refractivity contribution in [3.63, 3.8) is 0 Å². The highest BCUT2D eigenvalue weighted by Crippen LogP contribution is 2.40. The summed E-state index contributed by atoms with van der Waals surface area (Å²) in [7, 11) is 0. The van der Waals surface area contributed by atoms with E-state index in [1.165, 1.54) is 12.0 Å². The van der Waals surface area contributed by atoms with Gasteiger partial charge in [0.2, 0.25) is 0 Å². The van der Waals surface area contributed by atoms with Gasteiger partial charge in [-0.2, -0.15) is 0 Å². The Morgan fingerprint density at radius 1 is 1.67 bits per heavy atom. The third-order valence-corrected chi connectivity index (χ3v) is 4.65. The zero-order valence-corrected chi connectivity index (χ0v) is 9.90. The van der Waals surface area contributed by atoms with Crippen LogP contribution in [-0.2, 0) is 16.7 Å². The van der Waals surface area contributed by atoms with E-state index in [2.05, 4.69) is 23.7 Å². The molecule has 0 saturated carbocycles. The zero-order chi connectivity index (χ0) is 10.3. The highest BCUT2D eigenvalue weighted by molar-refractivity contribution is 7.10. The molecule has 1 spiro atoms. The Labute approximate surface area is 94.6 Å². The fraction of sp³-hybridized carbons (Fsp3) is 0.667. The van der Waals surface area contributed by atoms with E-state index in [1.807, 2.05) is 11.3 Å². The molecule has 2 atom stereocenters. The van der Waals surface area contributed by atoms with Crippen LogP contribution in [0.5, 0.6) is 0 Å². The van der Waals surface area contributed by atoms with Gasteiger partial charge in [-0.1, -0.05) is 6.92 Å². The molecule has 1 fully saturated rings. The van der Waals surface area contributed by atoms with Crippen molar-refractivity contribution in [2.24, 2.45) is 0 Å². The van der Waals surface area contributed by atoms with Gasteiger partial charge in [-0.3, -0.25) is 0 Å². The fourth-order valence-corrected chi connectivity index (χ4v) is 3.79. The highest BCUT2D eigenvalue weighted by Gasteiger charge is 2.43. The van der Waals surface area contributed by atoms with Crippen LogP contribution in [0.15, 0.2) is 11.4 Å². The minimum Gasteiger partial charge on any atom is -0.376 e. The van der Waals surface area contributed by atoms with E-state index < -0.39 is 0 Å². The standard InChI is InChI=1S/C12H17NOS/c1-2-9-7-12(8-14-9)10-4-6-15-11(10)3-5-13-12/h4,6,9,13H,2-3,5,7-8H2,1H3. The fourth-order valence-electron chi connectivity index (χ4n) is 2.81. The van der Waals surface area contributed by atoms with Gasteiger partial charge in [0.25, 0.3) is 0 Å². The molecule has 3 heteroatoms. The molecule has 0 aliphatic carbocycles. The molecule has 1 aromatic heterocycles. The van der Waals surface area contributed by atoms with Gasteiger partial charge in [-0.15, -0.1) is 11.3 Å². The lowest BCUT2D eigenvalue weighted by molar-refractivity contribution is 0.0971. The molecule has 15 heavy (non-hydrogen) atoms. The average Bonchev–Trinajstić information content (AvgIpc) is 2.86. The molecule has 1 saturated heterocycles. The monoisotopic (exact) mass is 223 g/mol. The molecule has 2 unspecified atom stereocenters. The average molecular weight is 223 g/mol. The van der Waals surface area contributed by atoms with Crippen LogP contribution >= 0.6 is 11.3 Å². The number of ether oxygens (including phenoxy) is 1. The molecule has 0 bridgehead atoms. The first kappa shape index (κ1) is 9.82. The Kier molecular flexibility index (Phi) is 2.34. The molecule has 1 aromatic rings. The Bertz CT molecular complexity index is 362. The van der Waals surface area contributed by atoms with Gasteiger partial charge in [-0.05, 0) is 36.3 Å². The lowest BCUT2D eigenvalue weighted by Crippen LogP contribution is -2.47. The van der Waals surface area contributed by atoms with Crippen molar-refractivity contribution in [1.82, 2.24) is 5.32 Å². The maximum atomic E-state index is 5.86.